The summed E-state index contributed by atoms with van der Waals surface area (Å²) < 4.78 is 28.5. The Balaban J connectivity index is 0.00000361. The number of hydrogen-bond donors (Lipinski definition) is 2. The molecule has 0 unspecified atom stereocenters. The molecule has 0 aliphatic carbocycles. The van der Waals surface area contributed by atoms with E-state index in [-0.39, 0.29) is 23.9 Å². The second kappa shape index (κ2) is 9.14. The zero-order valence-electron chi connectivity index (χ0n) is 10.5. The predicted molar refractivity (Wildman–Crippen MR) is 78.1 cm³/mol. The molecule has 0 aliphatic rings. The molecular formula is C10H14BrClN2O5S. The largest absolute Gasteiger partial charge is 0.528 e. The van der Waals surface area contributed by atoms with E-state index in [1.165, 1.54) is 6.07 Å². The van der Waals surface area contributed by atoms with Crippen molar-refractivity contribution in [3.8, 4) is 0 Å². The third kappa shape index (κ3) is 6.06. The van der Waals surface area contributed by atoms with Crippen LogP contribution in [0.2, 0.25) is 0 Å². The lowest BCUT2D eigenvalue weighted by atomic mass is 10.4. The highest BCUT2D eigenvalue weighted by Gasteiger charge is 2.19. The number of benzene rings is 1. The third-order valence-corrected chi connectivity index (χ3v) is 4.12. The summed E-state index contributed by atoms with van der Waals surface area (Å²) >= 11 is 3.09. The zero-order chi connectivity index (χ0) is 14.3. The van der Waals surface area contributed by atoms with Crippen LogP contribution in [0.15, 0.2) is 33.6 Å². The van der Waals surface area contributed by atoms with Crippen molar-refractivity contribution in [2.45, 2.75) is 4.90 Å². The van der Waals surface area contributed by atoms with Crippen LogP contribution in [0.25, 0.3) is 0 Å². The number of halogens is 2. The summed E-state index contributed by atoms with van der Waals surface area (Å²) in [5.74, 6) is 0. The van der Waals surface area contributed by atoms with Gasteiger partial charge in [0.05, 0.1) is 4.90 Å². The van der Waals surface area contributed by atoms with Crippen LogP contribution in [-0.2, 0) is 19.6 Å². The summed E-state index contributed by atoms with van der Waals surface area (Å²) in [4.78, 5) is 17.0. The van der Waals surface area contributed by atoms with Gasteiger partial charge in [-0.1, -0.05) is 12.1 Å². The molecule has 1 rings (SSSR count). The van der Waals surface area contributed by atoms with Gasteiger partial charge < -0.3 is 14.9 Å². The Labute approximate surface area is 131 Å². The number of ether oxygens (including phenoxy) is 1. The van der Waals surface area contributed by atoms with Crippen LogP contribution in [0, 0.1) is 0 Å². The van der Waals surface area contributed by atoms with Crippen molar-refractivity contribution in [2.75, 3.05) is 20.2 Å². The minimum absolute atomic E-state index is 0. The van der Waals surface area contributed by atoms with Crippen molar-refractivity contribution >= 4 is 44.5 Å². The molecule has 0 amide bonds. The van der Waals surface area contributed by atoms with Gasteiger partial charge in [-0.15, -0.1) is 12.4 Å². The second-order valence-corrected chi connectivity index (χ2v) is 5.79. The summed E-state index contributed by atoms with van der Waals surface area (Å²) in [6.45, 7) is 0.512. The molecular weight excluding hydrogens is 376 g/mol. The lowest BCUT2D eigenvalue weighted by Gasteiger charge is -2.08. The van der Waals surface area contributed by atoms with Gasteiger partial charge in [0.25, 0.3) is 10.0 Å². The molecule has 0 fully saturated rings. The molecule has 0 heterocycles. The van der Waals surface area contributed by atoms with Gasteiger partial charge in [0.2, 0.25) is 0 Å². The first-order valence-corrected chi connectivity index (χ1v) is 7.49. The average molecular weight is 390 g/mol. The minimum atomic E-state index is -3.95. The third-order valence-electron chi connectivity index (χ3n) is 1.93. The Morgan fingerprint density at radius 3 is 2.60 bits per heavy atom. The highest BCUT2D eigenvalue weighted by Crippen LogP contribution is 2.20. The highest BCUT2D eigenvalue weighted by molar-refractivity contribution is 9.10. The van der Waals surface area contributed by atoms with Crippen LogP contribution < -0.4 is 10.2 Å². The molecule has 0 saturated heterocycles. The van der Waals surface area contributed by atoms with E-state index in [0.717, 1.165) is 0 Å². The van der Waals surface area contributed by atoms with Crippen molar-refractivity contribution in [1.29, 1.82) is 0 Å². The molecule has 2 N–H and O–H groups in total. The summed E-state index contributed by atoms with van der Waals surface area (Å²) in [7, 11) is -2.27. The van der Waals surface area contributed by atoms with Crippen molar-refractivity contribution in [3.05, 3.63) is 28.7 Å². The maximum atomic E-state index is 11.8. The van der Waals surface area contributed by atoms with Gasteiger partial charge in [0.15, 0.2) is 0 Å². The smallest absolute Gasteiger partial charge is 0.432 e. The van der Waals surface area contributed by atoms with Crippen LogP contribution in [0.4, 0.5) is 4.79 Å². The standard InChI is InChI=1S/C10H13BrN2O5S.ClH/c1-12-6-7-17-10(14)18-13-19(15,16)9-5-3-2-4-8(9)11;/h2-5,12-13H,6-7H2,1H3;1H. The number of rotatable bonds is 6. The molecule has 0 aromatic heterocycles. The molecule has 0 radical (unpaired) electrons. The first kappa shape index (κ1) is 19.1. The molecule has 1 aromatic rings. The topological polar surface area (TPSA) is 93.7 Å². The molecule has 1 aromatic carbocycles. The van der Waals surface area contributed by atoms with E-state index in [2.05, 4.69) is 30.8 Å². The van der Waals surface area contributed by atoms with Crippen LogP contribution >= 0.6 is 28.3 Å². The van der Waals surface area contributed by atoms with Crippen LogP contribution in [-0.4, -0.2) is 34.8 Å². The molecule has 114 valence electrons. The Hall–Kier alpha value is -0.870. The van der Waals surface area contributed by atoms with Gasteiger partial charge in [-0.25, -0.2) is 13.2 Å². The maximum Gasteiger partial charge on any atom is 0.528 e. The van der Waals surface area contributed by atoms with Crippen LogP contribution in [0.5, 0.6) is 0 Å². The fourth-order valence-corrected chi connectivity index (χ4v) is 2.84. The van der Waals surface area contributed by atoms with E-state index in [0.29, 0.717) is 11.0 Å². The van der Waals surface area contributed by atoms with E-state index in [4.69, 9.17) is 0 Å². The lowest BCUT2D eigenvalue weighted by molar-refractivity contribution is 0.0403. The summed E-state index contributed by atoms with van der Waals surface area (Å²) in [6, 6.07) is 6.13. The molecule has 0 aliphatic heterocycles. The van der Waals surface area contributed by atoms with Crippen LogP contribution in [0.3, 0.4) is 0 Å². The van der Waals surface area contributed by atoms with E-state index >= 15 is 0 Å². The first-order chi connectivity index (χ1) is 8.97. The fourth-order valence-electron chi connectivity index (χ4n) is 1.06. The number of sulfonamides is 1. The van der Waals surface area contributed by atoms with E-state index in [1.54, 1.807) is 30.1 Å². The highest BCUT2D eigenvalue weighted by atomic mass is 79.9. The van der Waals surface area contributed by atoms with Gasteiger partial charge in [-0.05, 0) is 40.0 Å². The van der Waals surface area contributed by atoms with E-state index < -0.39 is 16.2 Å². The van der Waals surface area contributed by atoms with Gasteiger partial charge in [0, 0.05) is 11.0 Å². The number of carbonyl (C=O) groups excluding carboxylic acids is 1. The molecule has 0 bridgehead atoms. The molecule has 0 atom stereocenters. The average Bonchev–Trinajstić information content (AvgIpc) is 2.37. The van der Waals surface area contributed by atoms with Gasteiger partial charge >= 0.3 is 6.16 Å². The summed E-state index contributed by atoms with van der Waals surface area (Å²) in [6.07, 6.45) is -1.12. The van der Waals surface area contributed by atoms with E-state index in [1.807, 2.05) is 0 Å². The number of nitrogens with one attached hydrogen (secondary N) is 2. The van der Waals surface area contributed by atoms with Crippen molar-refractivity contribution in [3.63, 3.8) is 0 Å². The SMILES string of the molecule is CNCCOC(=O)ONS(=O)(=O)c1ccccc1Br.Cl. The van der Waals surface area contributed by atoms with Crippen LogP contribution in [0.1, 0.15) is 0 Å². The number of carbonyl (C=O) groups is 1. The van der Waals surface area contributed by atoms with E-state index in [9.17, 15) is 13.2 Å². The second-order valence-electron chi connectivity index (χ2n) is 3.32. The molecule has 20 heavy (non-hydrogen) atoms. The quantitative estimate of drug-likeness (QED) is 0.434. The Morgan fingerprint density at radius 1 is 1.35 bits per heavy atom. The Kier molecular flexibility index (Phi) is 8.74. The minimum Gasteiger partial charge on any atom is -0.432 e. The normalized spacial score (nSPS) is 10.5. The lowest BCUT2D eigenvalue weighted by Crippen LogP contribution is -2.29. The number of hydrogen-bond acceptors (Lipinski definition) is 6. The summed E-state index contributed by atoms with van der Waals surface area (Å²) in [5.41, 5.74) is 0. The van der Waals surface area contributed by atoms with Gasteiger partial charge in [-0.3, -0.25) is 0 Å². The van der Waals surface area contributed by atoms with Crippen molar-refractivity contribution < 1.29 is 22.8 Å². The first-order valence-electron chi connectivity index (χ1n) is 5.22. The Bertz CT molecular complexity index is 540. The maximum absolute atomic E-state index is 11.8. The summed E-state index contributed by atoms with van der Waals surface area (Å²) in [5, 5.41) is 2.75. The van der Waals surface area contributed by atoms with Crippen molar-refractivity contribution in [2.24, 2.45) is 0 Å². The van der Waals surface area contributed by atoms with Crippen molar-refractivity contribution in [1.82, 2.24) is 10.2 Å². The molecule has 0 saturated carbocycles. The van der Waals surface area contributed by atoms with Gasteiger partial charge in [-0.2, -0.15) is 0 Å². The van der Waals surface area contributed by atoms with Gasteiger partial charge in [0.1, 0.15) is 6.61 Å². The molecule has 10 heteroatoms. The zero-order valence-corrected chi connectivity index (χ0v) is 13.7. The fraction of sp³-hybridized carbons (Fsp3) is 0.300. The number of likely N-dealkylation sites (N-methyl/N-ethyl adjacent to an activating group) is 1. The molecule has 0 spiro atoms. The predicted octanol–water partition coefficient (Wildman–Crippen LogP) is 1.44. The Morgan fingerprint density at radius 2 is 2.00 bits per heavy atom. The molecule has 7 nitrogen and oxygen atoms in total. The monoisotopic (exact) mass is 388 g/mol.